The molecule has 1 aliphatic carbocycles. The topological polar surface area (TPSA) is 57.6 Å². The normalized spacial score (nSPS) is 15.7. The van der Waals surface area contributed by atoms with E-state index in [0.717, 1.165) is 29.5 Å². The summed E-state index contributed by atoms with van der Waals surface area (Å²) in [7, 11) is 0. The SMILES string of the molecule is CC(CN(C(=O)CCCc1ccc(Br)s1)C1CC1)C(=O)O. The first-order chi connectivity index (χ1) is 9.97. The van der Waals surface area contributed by atoms with Crippen LogP contribution in [-0.2, 0) is 16.0 Å². The maximum Gasteiger partial charge on any atom is 0.308 e. The highest BCUT2D eigenvalue weighted by molar-refractivity contribution is 9.11. The van der Waals surface area contributed by atoms with Gasteiger partial charge in [0.05, 0.1) is 9.70 Å². The Morgan fingerprint density at radius 3 is 2.71 bits per heavy atom. The minimum absolute atomic E-state index is 0.0984. The van der Waals surface area contributed by atoms with Crippen LogP contribution in [0, 0.1) is 5.92 Å². The van der Waals surface area contributed by atoms with Gasteiger partial charge in [-0.1, -0.05) is 6.92 Å². The number of amides is 1. The molecule has 0 aromatic carbocycles. The minimum Gasteiger partial charge on any atom is -0.481 e. The number of rotatable bonds is 8. The fourth-order valence-electron chi connectivity index (χ4n) is 2.26. The van der Waals surface area contributed by atoms with Crippen LogP contribution in [0.5, 0.6) is 0 Å². The van der Waals surface area contributed by atoms with Gasteiger partial charge in [0, 0.05) is 23.9 Å². The summed E-state index contributed by atoms with van der Waals surface area (Å²) in [4.78, 5) is 26.3. The molecule has 6 heteroatoms. The highest BCUT2D eigenvalue weighted by atomic mass is 79.9. The molecular formula is C15H20BrNO3S. The molecule has 1 saturated carbocycles. The molecule has 116 valence electrons. The van der Waals surface area contributed by atoms with Gasteiger partial charge in [0.15, 0.2) is 0 Å². The Bertz CT molecular complexity index is 513. The molecule has 1 atom stereocenters. The number of hydrogen-bond acceptors (Lipinski definition) is 3. The number of halogens is 1. The van der Waals surface area contributed by atoms with Crippen LogP contribution in [0.1, 0.15) is 37.5 Å². The highest BCUT2D eigenvalue weighted by Crippen LogP contribution is 2.29. The highest BCUT2D eigenvalue weighted by Gasteiger charge is 2.33. The van der Waals surface area contributed by atoms with Gasteiger partial charge in [0.2, 0.25) is 5.91 Å². The molecule has 0 aliphatic heterocycles. The van der Waals surface area contributed by atoms with E-state index < -0.39 is 11.9 Å². The second-order valence-corrected chi connectivity index (χ2v) is 8.12. The summed E-state index contributed by atoms with van der Waals surface area (Å²) in [6, 6.07) is 4.37. The summed E-state index contributed by atoms with van der Waals surface area (Å²) in [5.74, 6) is -1.24. The van der Waals surface area contributed by atoms with Gasteiger partial charge >= 0.3 is 5.97 Å². The molecule has 1 aromatic heterocycles. The molecule has 1 unspecified atom stereocenters. The smallest absolute Gasteiger partial charge is 0.308 e. The van der Waals surface area contributed by atoms with E-state index in [1.165, 1.54) is 4.88 Å². The molecule has 21 heavy (non-hydrogen) atoms. The molecule has 0 radical (unpaired) electrons. The van der Waals surface area contributed by atoms with Gasteiger partial charge < -0.3 is 10.0 Å². The number of aliphatic carboxylic acids is 1. The predicted molar refractivity (Wildman–Crippen MR) is 86.5 cm³/mol. The lowest BCUT2D eigenvalue weighted by Gasteiger charge is -2.24. The third kappa shape index (κ3) is 5.11. The Balaban J connectivity index is 1.80. The molecule has 0 saturated heterocycles. The van der Waals surface area contributed by atoms with Crippen molar-refractivity contribution in [1.29, 1.82) is 0 Å². The summed E-state index contributed by atoms with van der Waals surface area (Å²) in [6.07, 6.45) is 4.23. The molecule has 0 spiro atoms. The van der Waals surface area contributed by atoms with E-state index in [2.05, 4.69) is 22.0 Å². The summed E-state index contributed by atoms with van der Waals surface area (Å²) in [5, 5.41) is 9.00. The van der Waals surface area contributed by atoms with E-state index in [0.29, 0.717) is 13.0 Å². The van der Waals surface area contributed by atoms with Crippen LogP contribution < -0.4 is 0 Å². The monoisotopic (exact) mass is 373 g/mol. The third-order valence-electron chi connectivity index (χ3n) is 3.64. The van der Waals surface area contributed by atoms with E-state index in [-0.39, 0.29) is 11.9 Å². The van der Waals surface area contributed by atoms with Crippen LogP contribution in [0.2, 0.25) is 0 Å². The standard InChI is InChI=1S/C15H20BrNO3S/c1-10(15(19)20)9-17(11-5-6-11)14(18)4-2-3-12-7-8-13(16)21-12/h7-8,10-11H,2-6,9H2,1H3,(H,19,20). The number of nitrogens with zero attached hydrogens (tertiary/aromatic N) is 1. The number of aryl methyl sites for hydroxylation is 1. The van der Waals surface area contributed by atoms with Crippen molar-refractivity contribution in [1.82, 2.24) is 4.90 Å². The summed E-state index contributed by atoms with van der Waals surface area (Å²) >= 11 is 5.13. The van der Waals surface area contributed by atoms with Crippen LogP contribution in [0.4, 0.5) is 0 Å². The minimum atomic E-state index is -0.836. The zero-order valence-electron chi connectivity index (χ0n) is 12.0. The quantitative estimate of drug-likeness (QED) is 0.757. The van der Waals surface area contributed by atoms with Crippen molar-refractivity contribution in [3.8, 4) is 0 Å². The van der Waals surface area contributed by atoms with Gasteiger partial charge in [-0.15, -0.1) is 11.3 Å². The lowest BCUT2D eigenvalue weighted by Crippen LogP contribution is -2.38. The Morgan fingerprint density at radius 1 is 1.48 bits per heavy atom. The molecule has 1 aliphatic rings. The van der Waals surface area contributed by atoms with Crippen LogP contribution >= 0.6 is 27.3 Å². The van der Waals surface area contributed by atoms with Gasteiger partial charge in [-0.05, 0) is 53.7 Å². The van der Waals surface area contributed by atoms with Crippen molar-refractivity contribution in [2.24, 2.45) is 5.92 Å². The van der Waals surface area contributed by atoms with Gasteiger partial charge in [0.1, 0.15) is 0 Å². The van der Waals surface area contributed by atoms with E-state index in [4.69, 9.17) is 5.11 Å². The van der Waals surface area contributed by atoms with Crippen molar-refractivity contribution in [3.63, 3.8) is 0 Å². The summed E-state index contributed by atoms with van der Waals surface area (Å²) in [5.41, 5.74) is 0. The van der Waals surface area contributed by atoms with E-state index in [9.17, 15) is 9.59 Å². The fourth-order valence-corrected chi connectivity index (χ4v) is 3.78. The molecule has 1 aromatic rings. The van der Waals surface area contributed by atoms with Crippen LogP contribution in [-0.4, -0.2) is 34.5 Å². The first kappa shape index (κ1) is 16.5. The molecule has 1 amide bonds. The number of carbonyl (C=O) groups excluding carboxylic acids is 1. The Labute approximate surface area is 137 Å². The van der Waals surface area contributed by atoms with E-state index >= 15 is 0 Å². The summed E-state index contributed by atoms with van der Waals surface area (Å²) < 4.78 is 1.11. The molecule has 1 heterocycles. The van der Waals surface area contributed by atoms with Crippen LogP contribution in [0.3, 0.4) is 0 Å². The number of hydrogen-bond donors (Lipinski definition) is 1. The van der Waals surface area contributed by atoms with Gasteiger partial charge in [-0.2, -0.15) is 0 Å². The zero-order chi connectivity index (χ0) is 15.4. The number of carboxylic acid groups (broad SMARTS) is 1. The van der Waals surface area contributed by atoms with Gasteiger partial charge in [-0.25, -0.2) is 0 Å². The second kappa shape index (κ2) is 7.40. The molecule has 4 nitrogen and oxygen atoms in total. The Morgan fingerprint density at radius 2 is 2.19 bits per heavy atom. The Kier molecular flexibility index (Phi) is 5.81. The van der Waals surface area contributed by atoms with E-state index in [1.807, 2.05) is 6.07 Å². The first-order valence-corrected chi connectivity index (χ1v) is 8.85. The van der Waals surface area contributed by atoms with Crippen LogP contribution in [0.15, 0.2) is 15.9 Å². The maximum absolute atomic E-state index is 12.3. The van der Waals surface area contributed by atoms with Crippen molar-refractivity contribution in [2.45, 2.75) is 45.1 Å². The predicted octanol–water partition coefficient (Wildman–Crippen LogP) is 3.55. The number of carboxylic acids is 1. The molecule has 1 fully saturated rings. The first-order valence-electron chi connectivity index (χ1n) is 7.24. The van der Waals surface area contributed by atoms with Crippen molar-refractivity contribution < 1.29 is 14.7 Å². The van der Waals surface area contributed by atoms with Crippen molar-refractivity contribution >= 4 is 39.1 Å². The molecule has 1 N–H and O–H groups in total. The van der Waals surface area contributed by atoms with Gasteiger partial charge in [0.25, 0.3) is 0 Å². The average Bonchev–Trinajstić information content (AvgIpc) is 3.18. The average molecular weight is 374 g/mol. The number of thiophene rings is 1. The largest absolute Gasteiger partial charge is 0.481 e. The van der Waals surface area contributed by atoms with Crippen molar-refractivity contribution in [3.05, 3.63) is 20.8 Å². The third-order valence-corrected chi connectivity index (χ3v) is 5.33. The van der Waals surface area contributed by atoms with Gasteiger partial charge in [-0.3, -0.25) is 9.59 Å². The van der Waals surface area contributed by atoms with Crippen molar-refractivity contribution in [2.75, 3.05) is 6.54 Å². The maximum atomic E-state index is 12.3. The fraction of sp³-hybridized carbons (Fsp3) is 0.600. The Hall–Kier alpha value is -0.880. The lowest BCUT2D eigenvalue weighted by molar-refractivity contribution is -0.143. The molecular weight excluding hydrogens is 354 g/mol. The zero-order valence-corrected chi connectivity index (χ0v) is 14.5. The lowest BCUT2D eigenvalue weighted by atomic mass is 10.1. The second-order valence-electron chi connectivity index (χ2n) is 5.58. The summed E-state index contributed by atoms with van der Waals surface area (Å²) in [6.45, 7) is 2.00. The number of carbonyl (C=O) groups is 2. The van der Waals surface area contributed by atoms with Crippen LogP contribution in [0.25, 0.3) is 0 Å². The molecule has 0 bridgehead atoms. The van der Waals surface area contributed by atoms with E-state index in [1.54, 1.807) is 23.2 Å². The molecule has 2 rings (SSSR count).